The van der Waals surface area contributed by atoms with Crippen LogP contribution in [0.15, 0.2) is 0 Å². The lowest BCUT2D eigenvalue weighted by Gasteiger charge is -2.26. The third kappa shape index (κ3) is 12.0. The number of piperidine rings is 1. The molecule has 0 saturated carbocycles. The van der Waals surface area contributed by atoms with Gasteiger partial charge >= 0.3 is 0 Å². The van der Waals surface area contributed by atoms with E-state index < -0.39 is 0 Å². The molecule has 0 aliphatic carbocycles. The topological polar surface area (TPSA) is 23.5 Å². The predicted octanol–water partition coefficient (Wildman–Crippen LogP) is 3.69. The summed E-state index contributed by atoms with van der Waals surface area (Å²) in [5, 5.41) is 8.59. The lowest BCUT2D eigenvalue weighted by molar-refractivity contribution is 0.219. The zero-order valence-electron chi connectivity index (χ0n) is 12.0. The van der Waals surface area contributed by atoms with E-state index in [1.54, 1.807) is 0 Å². The Balaban J connectivity index is 0. The van der Waals surface area contributed by atoms with E-state index in [4.69, 9.17) is 5.11 Å². The third-order valence-electron chi connectivity index (χ3n) is 2.58. The molecule has 16 heavy (non-hydrogen) atoms. The summed E-state index contributed by atoms with van der Waals surface area (Å²) in [4.78, 5) is 2.56. The van der Waals surface area contributed by atoms with Gasteiger partial charge in [0.05, 0.1) is 0 Å². The van der Waals surface area contributed by atoms with Crippen molar-refractivity contribution in [2.45, 2.75) is 66.2 Å². The van der Waals surface area contributed by atoms with Gasteiger partial charge in [0.25, 0.3) is 0 Å². The van der Waals surface area contributed by atoms with Crippen molar-refractivity contribution in [3.63, 3.8) is 0 Å². The van der Waals surface area contributed by atoms with Crippen molar-refractivity contribution in [3.8, 4) is 0 Å². The van der Waals surface area contributed by atoms with E-state index in [0.717, 1.165) is 6.42 Å². The standard InChI is InChI=1S/C10H21NO.2C2H6/c12-10-6-2-5-9-11-7-3-1-4-8-11;2*1-2/h12H,1-10H2;2*1-2H3. The van der Waals surface area contributed by atoms with E-state index in [1.165, 1.54) is 51.7 Å². The van der Waals surface area contributed by atoms with Gasteiger partial charge in [-0.25, -0.2) is 0 Å². The van der Waals surface area contributed by atoms with Crippen LogP contribution in [0.25, 0.3) is 0 Å². The average molecular weight is 231 g/mol. The van der Waals surface area contributed by atoms with Gasteiger partial charge in [-0.15, -0.1) is 0 Å². The Kier molecular flexibility index (Phi) is 19.8. The van der Waals surface area contributed by atoms with Crippen molar-refractivity contribution in [1.29, 1.82) is 0 Å². The number of unbranched alkanes of at least 4 members (excludes halogenated alkanes) is 2. The molecule has 1 aliphatic heterocycles. The molecular formula is C14H33NO. The molecule has 0 amide bonds. The molecule has 0 atom stereocenters. The molecule has 1 aliphatic rings. The molecule has 100 valence electrons. The lowest BCUT2D eigenvalue weighted by atomic mass is 10.1. The van der Waals surface area contributed by atoms with E-state index in [1.807, 2.05) is 27.7 Å². The molecule has 1 fully saturated rings. The Morgan fingerprint density at radius 1 is 0.812 bits per heavy atom. The van der Waals surface area contributed by atoms with Crippen molar-refractivity contribution >= 4 is 0 Å². The van der Waals surface area contributed by atoms with Gasteiger partial charge in [0.15, 0.2) is 0 Å². The molecule has 0 aromatic heterocycles. The van der Waals surface area contributed by atoms with Crippen molar-refractivity contribution in [3.05, 3.63) is 0 Å². The fraction of sp³-hybridized carbons (Fsp3) is 1.00. The van der Waals surface area contributed by atoms with Crippen LogP contribution in [0.3, 0.4) is 0 Å². The van der Waals surface area contributed by atoms with Crippen molar-refractivity contribution in [2.75, 3.05) is 26.2 Å². The number of nitrogens with zero attached hydrogens (tertiary/aromatic N) is 1. The summed E-state index contributed by atoms with van der Waals surface area (Å²) in [6.45, 7) is 12.2. The highest BCUT2D eigenvalue weighted by Gasteiger charge is 2.08. The second-order valence-electron chi connectivity index (χ2n) is 3.69. The maximum absolute atomic E-state index is 8.59. The van der Waals surface area contributed by atoms with Gasteiger partial charge in [-0.05, 0) is 51.7 Å². The molecule has 1 N–H and O–H groups in total. The van der Waals surface area contributed by atoms with Crippen LogP contribution in [-0.2, 0) is 0 Å². The molecule has 0 unspecified atom stereocenters. The first-order chi connectivity index (χ1) is 7.93. The second-order valence-corrected chi connectivity index (χ2v) is 3.69. The van der Waals surface area contributed by atoms with Gasteiger partial charge in [-0.2, -0.15) is 0 Å². The first-order valence-corrected chi connectivity index (χ1v) is 7.26. The van der Waals surface area contributed by atoms with Gasteiger partial charge < -0.3 is 10.0 Å². The van der Waals surface area contributed by atoms with Gasteiger partial charge in [-0.1, -0.05) is 34.1 Å². The quantitative estimate of drug-likeness (QED) is 0.730. The summed E-state index contributed by atoms with van der Waals surface area (Å²) in [5.74, 6) is 0. The first kappa shape index (κ1) is 18.3. The third-order valence-corrected chi connectivity index (χ3v) is 2.58. The van der Waals surface area contributed by atoms with Gasteiger partial charge in [0, 0.05) is 6.61 Å². The minimum atomic E-state index is 0.361. The second kappa shape index (κ2) is 17.3. The van der Waals surface area contributed by atoms with E-state index in [2.05, 4.69) is 4.90 Å². The first-order valence-electron chi connectivity index (χ1n) is 7.26. The summed E-state index contributed by atoms with van der Waals surface area (Å²) in [5.41, 5.74) is 0. The summed E-state index contributed by atoms with van der Waals surface area (Å²) >= 11 is 0. The number of aliphatic hydroxyl groups is 1. The fourth-order valence-corrected chi connectivity index (χ4v) is 1.81. The van der Waals surface area contributed by atoms with Crippen LogP contribution in [0, 0.1) is 0 Å². The summed E-state index contributed by atoms with van der Waals surface area (Å²) in [6, 6.07) is 0. The highest BCUT2D eigenvalue weighted by molar-refractivity contribution is 4.63. The summed E-state index contributed by atoms with van der Waals surface area (Å²) in [6.07, 6.45) is 7.63. The van der Waals surface area contributed by atoms with Gasteiger partial charge in [0.2, 0.25) is 0 Å². The molecule has 0 aromatic rings. The normalized spacial score (nSPS) is 15.6. The largest absolute Gasteiger partial charge is 0.396 e. The lowest BCUT2D eigenvalue weighted by Crippen LogP contribution is -2.30. The zero-order valence-corrected chi connectivity index (χ0v) is 12.0. The maximum Gasteiger partial charge on any atom is 0.0431 e. The summed E-state index contributed by atoms with van der Waals surface area (Å²) < 4.78 is 0. The Bertz CT molecular complexity index is 101. The van der Waals surface area contributed by atoms with Crippen LogP contribution in [0.1, 0.15) is 66.2 Å². The number of hydrogen-bond acceptors (Lipinski definition) is 2. The maximum atomic E-state index is 8.59. The molecule has 2 nitrogen and oxygen atoms in total. The highest BCUT2D eigenvalue weighted by Crippen LogP contribution is 2.09. The smallest absolute Gasteiger partial charge is 0.0431 e. The molecule has 0 bridgehead atoms. The molecule has 1 rings (SSSR count). The Hall–Kier alpha value is -0.0800. The van der Waals surface area contributed by atoms with Crippen LogP contribution in [-0.4, -0.2) is 36.2 Å². The Morgan fingerprint density at radius 3 is 1.88 bits per heavy atom. The summed E-state index contributed by atoms with van der Waals surface area (Å²) in [7, 11) is 0. The van der Waals surface area contributed by atoms with Gasteiger partial charge in [-0.3, -0.25) is 0 Å². The minimum absolute atomic E-state index is 0.361. The number of aliphatic hydroxyl groups excluding tert-OH is 1. The SMILES string of the molecule is CC.CC.OCCCCCN1CCCCC1. The van der Waals surface area contributed by atoms with Crippen LogP contribution >= 0.6 is 0 Å². The minimum Gasteiger partial charge on any atom is -0.396 e. The monoisotopic (exact) mass is 231 g/mol. The highest BCUT2D eigenvalue weighted by atomic mass is 16.2. The van der Waals surface area contributed by atoms with Crippen molar-refractivity contribution in [2.24, 2.45) is 0 Å². The van der Waals surface area contributed by atoms with Crippen LogP contribution in [0.4, 0.5) is 0 Å². The molecule has 0 radical (unpaired) electrons. The Labute approximate surface area is 103 Å². The number of likely N-dealkylation sites (tertiary alicyclic amines) is 1. The molecule has 1 saturated heterocycles. The molecule has 1 heterocycles. The average Bonchev–Trinajstić information content (AvgIpc) is 2.41. The van der Waals surface area contributed by atoms with Crippen LogP contribution < -0.4 is 0 Å². The van der Waals surface area contributed by atoms with Crippen LogP contribution in [0.5, 0.6) is 0 Å². The van der Waals surface area contributed by atoms with E-state index in [9.17, 15) is 0 Å². The molecule has 0 spiro atoms. The number of rotatable bonds is 5. The van der Waals surface area contributed by atoms with Gasteiger partial charge in [0.1, 0.15) is 0 Å². The molecular weight excluding hydrogens is 198 g/mol. The Morgan fingerprint density at radius 2 is 1.38 bits per heavy atom. The van der Waals surface area contributed by atoms with E-state index >= 15 is 0 Å². The van der Waals surface area contributed by atoms with E-state index in [-0.39, 0.29) is 0 Å². The fourth-order valence-electron chi connectivity index (χ4n) is 1.81. The molecule has 2 heteroatoms. The van der Waals surface area contributed by atoms with Crippen molar-refractivity contribution in [1.82, 2.24) is 4.90 Å². The molecule has 0 aromatic carbocycles. The van der Waals surface area contributed by atoms with Crippen molar-refractivity contribution < 1.29 is 5.11 Å². The predicted molar refractivity (Wildman–Crippen MR) is 73.9 cm³/mol. The zero-order chi connectivity index (χ0) is 12.6. The van der Waals surface area contributed by atoms with Crippen LogP contribution in [0.2, 0.25) is 0 Å². The van der Waals surface area contributed by atoms with E-state index in [0.29, 0.717) is 6.61 Å². The number of hydrogen-bond donors (Lipinski definition) is 1.